The first-order valence-electron chi connectivity index (χ1n) is 7.66. The van der Waals surface area contributed by atoms with Gasteiger partial charge in [0.1, 0.15) is 0 Å². The minimum absolute atomic E-state index is 0.282. The van der Waals surface area contributed by atoms with Crippen LogP contribution in [0.15, 0.2) is 54.1 Å². The van der Waals surface area contributed by atoms with E-state index in [-0.39, 0.29) is 5.69 Å². The van der Waals surface area contributed by atoms with Crippen LogP contribution < -0.4 is 16.0 Å². The van der Waals surface area contributed by atoms with Gasteiger partial charge in [0, 0.05) is 24.5 Å². The molecule has 1 fully saturated rings. The smallest absolute Gasteiger partial charge is 0.309 e. The molecule has 2 aromatic carbocycles. The summed E-state index contributed by atoms with van der Waals surface area (Å²) in [6, 6.07) is 11.1. The number of hydrogen-bond acceptors (Lipinski definition) is 2. The van der Waals surface area contributed by atoms with Gasteiger partial charge in [-0.3, -0.25) is 0 Å². The first-order valence-corrected chi connectivity index (χ1v) is 7.66. The Morgan fingerprint density at radius 1 is 0.920 bits per heavy atom. The van der Waals surface area contributed by atoms with Crippen molar-refractivity contribution in [2.45, 2.75) is 6.18 Å². The Kier molecular flexibility index (Phi) is 4.76. The van der Waals surface area contributed by atoms with E-state index in [1.165, 1.54) is 17.7 Å². The van der Waals surface area contributed by atoms with Gasteiger partial charge in [-0.1, -0.05) is 18.2 Å². The van der Waals surface area contributed by atoms with E-state index in [1.807, 2.05) is 12.1 Å². The molecule has 0 bridgehead atoms. The fourth-order valence-corrected chi connectivity index (χ4v) is 2.31. The van der Waals surface area contributed by atoms with E-state index >= 15 is 0 Å². The molecular weight excluding hydrogens is 331 g/mol. The molecular formula is C18H16F3N3O. The van der Waals surface area contributed by atoms with E-state index in [1.54, 1.807) is 12.1 Å². The van der Waals surface area contributed by atoms with Crippen molar-refractivity contribution in [3.05, 3.63) is 65.2 Å². The van der Waals surface area contributed by atoms with Gasteiger partial charge < -0.3 is 16.0 Å². The quantitative estimate of drug-likeness (QED) is 0.774. The second-order valence-electron chi connectivity index (χ2n) is 5.68. The van der Waals surface area contributed by atoms with Crippen LogP contribution >= 0.6 is 0 Å². The minimum Gasteiger partial charge on any atom is -0.309 e. The highest BCUT2D eigenvalue weighted by Gasteiger charge is 2.29. The second-order valence-corrected chi connectivity index (χ2v) is 5.68. The van der Waals surface area contributed by atoms with Gasteiger partial charge in [-0.2, -0.15) is 13.2 Å². The van der Waals surface area contributed by atoms with Gasteiger partial charge in [-0.25, -0.2) is 4.79 Å². The fourth-order valence-electron chi connectivity index (χ4n) is 2.31. The number of halogens is 3. The van der Waals surface area contributed by atoms with E-state index in [4.69, 9.17) is 0 Å². The van der Waals surface area contributed by atoms with E-state index in [2.05, 4.69) is 22.0 Å². The molecule has 0 unspecified atom stereocenters. The van der Waals surface area contributed by atoms with Gasteiger partial charge in [0.05, 0.1) is 5.56 Å². The summed E-state index contributed by atoms with van der Waals surface area (Å²) in [7, 11) is 0. The van der Waals surface area contributed by atoms with Gasteiger partial charge in [0.25, 0.3) is 0 Å². The van der Waals surface area contributed by atoms with Crippen molar-refractivity contribution in [2.24, 2.45) is 0 Å². The van der Waals surface area contributed by atoms with Gasteiger partial charge in [-0.05, 0) is 47.5 Å². The van der Waals surface area contributed by atoms with E-state index in [9.17, 15) is 18.0 Å². The van der Waals surface area contributed by atoms with Crippen LogP contribution in [0.3, 0.4) is 0 Å². The van der Waals surface area contributed by atoms with Crippen LogP contribution in [0.2, 0.25) is 0 Å². The normalized spacial score (nSPS) is 13.8. The summed E-state index contributed by atoms with van der Waals surface area (Å²) in [5, 5.41) is 8.29. The number of benzene rings is 2. The van der Waals surface area contributed by atoms with Crippen molar-refractivity contribution in [2.75, 3.05) is 23.7 Å². The Bertz CT molecular complexity index is 775. The Balaban J connectivity index is 1.57. The van der Waals surface area contributed by atoms with Crippen LogP contribution in [0.25, 0.3) is 6.08 Å². The highest BCUT2D eigenvalue weighted by molar-refractivity contribution is 5.99. The SMILES string of the molecule is O=C(Nc1ccc(C=C2CNC2)cc1)Nc1ccc(C(F)(F)F)cc1. The number of alkyl halides is 3. The molecule has 2 aromatic rings. The van der Waals surface area contributed by atoms with Crippen LogP contribution in [0.5, 0.6) is 0 Å². The molecule has 0 spiro atoms. The summed E-state index contributed by atoms with van der Waals surface area (Å²) in [4.78, 5) is 11.9. The number of carbonyl (C=O) groups excluding carboxylic acids is 1. The summed E-state index contributed by atoms with van der Waals surface area (Å²) in [6.07, 6.45) is -2.31. The molecule has 0 aliphatic carbocycles. The molecule has 0 aromatic heterocycles. The zero-order chi connectivity index (χ0) is 17.9. The molecule has 0 radical (unpaired) electrons. The average Bonchev–Trinajstić information content (AvgIpc) is 2.52. The van der Waals surface area contributed by atoms with Gasteiger partial charge in [0.15, 0.2) is 0 Å². The molecule has 25 heavy (non-hydrogen) atoms. The largest absolute Gasteiger partial charge is 0.416 e. The molecule has 1 aliphatic heterocycles. The molecule has 3 rings (SSSR count). The summed E-state index contributed by atoms with van der Waals surface area (Å²) in [5.74, 6) is 0. The number of hydrogen-bond donors (Lipinski definition) is 3. The van der Waals surface area contributed by atoms with Crippen LogP contribution in [-0.2, 0) is 6.18 Å². The molecule has 130 valence electrons. The average molecular weight is 347 g/mol. The zero-order valence-electron chi connectivity index (χ0n) is 13.2. The summed E-state index contributed by atoms with van der Waals surface area (Å²) in [6.45, 7) is 1.80. The Hall–Kier alpha value is -2.80. The molecule has 0 saturated carbocycles. The van der Waals surface area contributed by atoms with Crippen LogP contribution in [0.4, 0.5) is 29.3 Å². The Labute approximate surface area is 142 Å². The standard InChI is InChI=1S/C18H16F3N3O/c19-18(20,21)14-3-7-16(8-4-14)24-17(25)23-15-5-1-12(2-6-15)9-13-10-22-11-13/h1-9,22H,10-11H2,(H2,23,24,25). The lowest BCUT2D eigenvalue weighted by Gasteiger charge is -2.18. The maximum Gasteiger partial charge on any atom is 0.416 e. The molecule has 7 heteroatoms. The molecule has 2 amide bonds. The van der Waals surface area contributed by atoms with E-state index in [0.717, 1.165) is 30.8 Å². The number of carbonyl (C=O) groups is 1. The number of urea groups is 1. The monoisotopic (exact) mass is 347 g/mol. The predicted octanol–water partition coefficient (Wildman–Crippen LogP) is 4.34. The van der Waals surface area contributed by atoms with Gasteiger partial charge in [-0.15, -0.1) is 0 Å². The third-order valence-corrected chi connectivity index (χ3v) is 3.71. The predicted molar refractivity (Wildman–Crippen MR) is 91.4 cm³/mol. The summed E-state index contributed by atoms with van der Waals surface area (Å²) in [5.41, 5.74) is 2.48. The number of anilines is 2. The minimum atomic E-state index is -4.40. The van der Waals surface area contributed by atoms with Crippen molar-refractivity contribution in [3.63, 3.8) is 0 Å². The number of rotatable bonds is 3. The summed E-state index contributed by atoms with van der Waals surface area (Å²) >= 11 is 0. The van der Waals surface area contributed by atoms with E-state index in [0.29, 0.717) is 5.69 Å². The van der Waals surface area contributed by atoms with Crippen molar-refractivity contribution < 1.29 is 18.0 Å². The number of nitrogens with one attached hydrogen (secondary N) is 3. The second kappa shape index (κ2) is 6.98. The third kappa shape index (κ3) is 4.60. The van der Waals surface area contributed by atoms with Gasteiger partial charge >= 0.3 is 12.2 Å². The molecule has 4 nitrogen and oxygen atoms in total. The molecule has 1 aliphatic rings. The molecule has 3 N–H and O–H groups in total. The van der Waals surface area contributed by atoms with Crippen molar-refractivity contribution >= 4 is 23.5 Å². The third-order valence-electron chi connectivity index (χ3n) is 3.71. The van der Waals surface area contributed by atoms with Crippen LogP contribution in [-0.4, -0.2) is 19.1 Å². The highest BCUT2D eigenvalue weighted by Crippen LogP contribution is 2.29. The van der Waals surface area contributed by atoms with Crippen LogP contribution in [0, 0.1) is 0 Å². The topological polar surface area (TPSA) is 53.2 Å². The maximum atomic E-state index is 12.5. The fraction of sp³-hybridized carbons (Fsp3) is 0.167. The molecule has 0 atom stereocenters. The lowest BCUT2D eigenvalue weighted by molar-refractivity contribution is -0.137. The Morgan fingerprint density at radius 3 is 1.88 bits per heavy atom. The van der Waals surface area contributed by atoms with Crippen molar-refractivity contribution in [1.29, 1.82) is 0 Å². The molecule has 1 saturated heterocycles. The van der Waals surface area contributed by atoms with Crippen molar-refractivity contribution in [3.8, 4) is 0 Å². The maximum absolute atomic E-state index is 12.5. The number of amides is 2. The van der Waals surface area contributed by atoms with Crippen molar-refractivity contribution in [1.82, 2.24) is 5.32 Å². The first kappa shape index (κ1) is 17.0. The van der Waals surface area contributed by atoms with Crippen LogP contribution in [0.1, 0.15) is 11.1 Å². The zero-order valence-corrected chi connectivity index (χ0v) is 13.2. The lowest BCUT2D eigenvalue weighted by Crippen LogP contribution is -2.33. The first-order chi connectivity index (χ1) is 11.9. The molecule has 1 heterocycles. The van der Waals surface area contributed by atoms with Gasteiger partial charge in [0.2, 0.25) is 0 Å². The Morgan fingerprint density at radius 2 is 1.44 bits per heavy atom. The van der Waals surface area contributed by atoms with E-state index < -0.39 is 17.8 Å². The highest BCUT2D eigenvalue weighted by atomic mass is 19.4. The lowest BCUT2D eigenvalue weighted by atomic mass is 10.1. The summed E-state index contributed by atoms with van der Waals surface area (Å²) < 4.78 is 37.5.